The van der Waals surface area contributed by atoms with Gasteiger partial charge in [0.1, 0.15) is 5.82 Å². The molecule has 0 bridgehead atoms. The number of hydrogen-bond donors (Lipinski definition) is 2. The Bertz CT molecular complexity index is 839. The zero-order valence-electron chi connectivity index (χ0n) is 16.4. The fourth-order valence-electron chi connectivity index (χ4n) is 3.30. The fourth-order valence-corrected chi connectivity index (χ4v) is 3.30. The molecule has 0 aliphatic rings. The number of anilines is 1. The molecule has 3 aromatic rings. The van der Waals surface area contributed by atoms with Crippen LogP contribution in [0.2, 0.25) is 0 Å². The van der Waals surface area contributed by atoms with Crippen LogP contribution in [-0.4, -0.2) is 23.5 Å². The van der Waals surface area contributed by atoms with Crippen LogP contribution in [0.4, 0.5) is 5.82 Å². The lowest BCUT2D eigenvalue weighted by atomic mass is 9.88. The molecule has 1 aromatic heterocycles. The van der Waals surface area contributed by atoms with Gasteiger partial charge in [-0.2, -0.15) is 0 Å². The molecule has 0 saturated carbocycles. The SMILES string of the molecule is CC(C)Nc1ncccc1C(=O)NCCC(c1ccccc1)c1ccccc1. The summed E-state index contributed by atoms with van der Waals surface area (Å²) < 4.78 is 0. The van der Waals surface area contributed by atoms with Crippen LogP contribution in [0.5, 0.6) is 0 Å². The number of amides is 1. The molecule has 0 spiro atoms. The van der Waals surface area contributed by atoms with Crippen molar-refractivity contribution in [2.24, 2.45) is 0 Å². The first kappa shape index (κ1) is 19.6. The average molecular weight is 374 g/mol. The van der Waals surface area contributed by atoms with Crippen molar-refractivity contribution in [3.63, 3.8) is 0 Å². The number of carbonyl (C=O) groups excluding carboxylic acids is 1. The molecule has 0 saturated heterocycles. The van der Waals surface area contributed by atoms with Crippen LogP contribution in [0.15, 0.2) is 79.0 Å². The number of nitrogens with zero attached hydrogens (tertiary/aromatic N) is 1. The second-order valence-electron chi connectivity index (χ2n) is 7.12. The highest BCUT2D eigenvalue weighted by Crippen LogP contribution is 2.27. The number of nitrogens with one attached hydrogen (secondary N) is 2. The lowest BCUT2D eigenvalue weighted by Gasteiger charge is -2.19. The Morgan fingerprint density at radius 2 is 1.50 bits per heavy atom. The van der Waals surface area contributed by atoms with Gasteiger partial charge in [-0.3, -0.25) is 4.79 Å². The maximum absolute atomic E-state index is 12.7. The van der Waals surface area contributed by atoms with E-state index in [0.29, 0.717) is 17.9 Å². The molecule has 0 aliphatic carbocycles. The third-order valence-electron chi connectivity index (χ3n) is 4.60. The topological polar surface area (TPSA) is 54.0 Å². The molecule has 0 fully saturated rings. The van der Waals surface area contributed by atoms with E-state index >= 15 is 0 Å². The molecule has 4 nitrogen and oxygen atoms in total. The third kappa shape index (κ3) is 5.19. The predicted molar refractivity (Wildman–Crippen MR) is 115 cm³/mol. The summed E-state index contributed by atoms with van der Waals surface area (Å²) in [5.74, 6) is 0.763. The van der Waals surface area contributed by atoms with Gasteiger partial charge in [-0.15, -0.1) is 0 Å². The van der Waals surface area contributed by atoms with E-state index < -0.39 is 0 Å². The molecule has 144 valence electrons. The maximum Gasteiger partial charge on any atom is 0.255 e. The number of benzene rings is 2. The van der Waals surface area contributed by atoms with Gasteiger partial charge < -0.3 is 10.6 Å². The van der Waals surface area contributed by atoms with Crippen LogP contribution in [0.25, 0.3) is 0 Å². The van der Waals surface area contributed by atoms with E-state index in [-0.39, 0.29) is 17.9 Å². The van der Waals surface area contributed by atoms with E-state index in [1.165, 1.54) is 11.1 Å². The van der Waals surface area contributed by atoms with Crippen molar-refractivity contribution in [2.75, 3.05) is 11.9 Å². The summed E-state index contributed by atoms with van der Waals surface area (Å²) in [6.07, 6.45) is 2.52. The Hall–Kier alpha value is -3.14. The first-order chi connectivity index (χ1) is 13.6. The highest BCUT2D eigenvalue weighted by molar-refractivity contribution is 5.98. The van der Waals surface area contributed by atoms with Crippen molar-refractivity contribution in [3.8, 4) is 0 Å². The minimum absolute atomic E-state index is 0.101. The van der Waals surface area contributed by atoms with Crippen LogP contribution >= 0.6 is 0 Å². The molecule has 4 heteroatoms. The van der Waals surface area contributed by atoms with Gasteiger partial charge in [0.05, 0.1) is 5.56 Å². The van der Waals surface area contributed by atoms with Gasteiger partial charge in [-0.05, 0) is 43.5 Å². The molecule has 2 N–H and O–H groups in total. The Kier molecular flexibility index (Phi) is 6.79. The minimum atomic E-state index is -0.101. The molecule has 0 aliphatic heterocycles. The number of rotatable bonds is 8. The normalized spacial score (nSPS) is 10.9. The average Bonchev–Trinajstić information content (AvgIpc) is 2.72. The third-order valence-corrected chi connectivity index (χ3v) is 4.60. The molecule has 2 aromatic carbocycles. The van der Waals surface area contributed by atoms with Gasteiger partial charge in [0, 0.05) is 24.7 Å². The van der Waals surface area contributed by atoms with Crippen molar-refractivity contribution < 1.29 is 4.79 Å². The molecular weight excluding hydrogens is 346 g/mol. The van der Waals surface area contributed by atoms with Gasteiger partial charge in [0.15, 0.2) is 0 Å². The number of pyridine rings is 1. The standard InChI is InChI=1S/C24H27N3O/c1-18(2)27-23-22(14-9-16-25-23)24(28)26-17-15-21(19-10-5-3-6-11-19)20-12-7-4-8-13-20/h3-14,16,18,21H,15,17H2,1-2H3,(H,25,27)(H,26,28). The van der Waals surface area contributed by atoms with Gasteiger partial charge in [-0.1, -0.05) is 60.7 Å². The summed E-state index contributed by atoms with van der Waals surface area (Å²) in [4.78, 5) is 17.0. The summed E-state index contributed by atoms with van der Waals surface area (Å²) in [5.41, 5.74) is 3.09. The smallest absolute Gasteiger partial charge is 0.255 e. The van der Waals surface area contributed by atoms with Crippen LogP contribution in [0.3, 0.4) is 0 Å². The first-order valence-electron chi connectivity index (χ1n) is 9.75. The van der Waals surface area contributed by atoms with E-state index in [2.05, 4.69) is 64.1 Å². The largest absolute Gasteiger partial charge is 0.367 e. The van der Waals surface area contributed by atoms with Gasteiger partial charge >= 0.3 is 0 Å². The predicted octanol–water partition coefficient (Wildman–Crippen LogP) is 4.85. The second kappa shape index (κ2) is 9.70. The summed E-state index contributed by atoms with van der Waals surface area (Å²) in [6, 6.07) is 24.7. The van der Waals surface area contributed by atoms with Crippen LogP contribution in [-0.2, 0) is 0 Å². The lowest BCUT2D eigenvalue weighted by molar-refractivity contribution is 0.0953. The highest BCUT2D eigenvalue weighted by atomic mass is 16.1. The zero-order valence-corrected chi connectivity index (χ0v) is 16.4. The zero-order chi connectivity index (χ0) is 19.8. The number of carbonyl (C=O) groups is 1. The molecular formula is C24H27N3O. The van der Waals surface area contributed by atoms with Crippen LogP contribution in [0.1, 0.15) is 47.7 Å². The number of hydrogen-bond acceptors (Lipinski definition) is 3. The van der Waals surface area contributed by atoms with Crippen molar-refractivity contribution in [3.05, 3.63) is 95.7 Å². The van der Waals surface area contributed by atoms with E-state index in [0.717, 1.165) is 6.42 Å². The van der Waals surface area contributed by atoms with Crippen molar-refractivity contribution in [1.29, 1.82) is 0 Å². The minimum Gasteiger partial charge on any atom is -0.367 e. The lowest BCUT2D eigenvalue weighted by Crippen LogP contribution is -2.27. The molecule has 0 unspecified atom stereocenters. The molecule has 28 heavy (non-hydrogen) atoms. The Balaban J connectivity index is 1.69. The Morgan fingerprint density at radius 3 is 2.07 bits per heavy atom. The summed E-state index contributed by atoms with van der Waals surface area (Å²) in [6.45, 7) is 4.64. The van der Waals surface area contributed by atoms with E-state index in [9.17, 15) is 4.79 Å². The molecule has 3 rings (SSSR count). The van der Waals surface area contributed by atoms with E-state index in [4.69, 9.17) is 0 Å². The monoisotopic (exact) mass is 373 g/mol. The molecule has 0 atom stereocenters. The molecule has 1 heterocycles. The number of aromatic nitrogens is 1. The highest BCUT2D eigenvalue weighted by Gasteiger charge is 2.16. The first-order valence-corrected chi connectivity index (χ1v) is 9.75. The van der Waals surface area contributed by atoms with Crippen LogP contribution < -0.4 is 10.6 Å². The van der Waals surface area contributed by atoms with Gasteiger partial charge in [-0.25, -0.2) is 4.98 Å². The van der Waals surface area contributed by atoms with Crippen molar-refractivity contribution >= 4 is 11.7 Å². The van der Waals surface area contributed by atoms with Gasteiger partial charge in [0.2, 0.25) is 0 Å². The Labute approximate surface area is 167 Å². The second-order valence-corrected chi connectivity index (χ2v) is 7.12. The summed E-state index contributed by atoms with van der Waals surface area (Å²) >= 11 is 0. The van der Waals surface area contributed by atoms with Crippen molar-refractivity contribution in [2.45, 2.75) is 32.2 Å². The Morgan fingerprint density at radius 1 is 0.893 bits per heavy atom. The molecule has 0 radical (unpaired) electrons. The fraction of sp³-hybridized carbons (Fsp3) is 0.250. The van der Waals surface area contributed by atoms with Gasteiger partial charge in [0.25, 0.3) is 5.91 Å². The van der Waals surface area contributed by atoms with Crippen molar-refractivity contribution in [1.82, 2.24) is 10.3 Å². The van der Waals surface area contributed by atoms with E-state index in [1.54, 1.807) is 18.3 Å². The maximum atomic E-state index is 12.7. The quantitative estimate of drug-likeness (QED) is 0.593. The molecule has 1 amide bonds. The summed E-state index contributed by atoms with van der Waals surface area (Å²) in [5, 5.41) is 6.30. The summed E-state index contributed by atoms with van der Waals surface area (Å²) in [7, 11) is 0. The van der Waals surface area contributed by atoms with E-state index in [1.807, 2.05) is 26.0 Å². The van der Waals surface area contributed by atoms with Crippen LogP contribution in [0, 0.1) is 0 Å².